The lowest BCUT2D eigenvalue weighted by molar-refractivity contribution is -0.124. The van der Waals surface area contributed by atoms with E-state index in [-0.39, 0.29) is 17.8 Å². The molecule has 1 heterocycles. The zero-order chi connectivity index (χ0) is 15.3. The number of carbonyl (C=O) groups is 1. The third kappa shape index (κ3) is 3.87. The molecule has 4 N–H and O–H groups in total. The molecule has 0 bridgehead atoms. The molecule has 6 heteroatoms. The van der Waals surface area contributed by atoms with E-state index < -0.39 is 5.54 Å². The first kappa shape index (κ1) is 16.1. The number of amidine groups is 1. The molecule has 1 amide bonds. The minimum Gasteiger partial charge on any atom is -0.409 e. The molecule has 1 aliphatic carbocycles. The Balaban J connectivity index is 1.98. The number of nitrogens with zero attached hydrogens (tertiary/aromatic N) is 1. The Morgan fingerprint density at radius 3 is 2.67 bits per heavy atom. The maximum Gasteiger partial charge on any atom is 0.223 e. The molecular formula is C15H27N3O3. The molecule has 1 unspecified atom stereocenters. The number of carbonyl (C=O) groups excluding carboxylic acids is 1. The highest BCUT2D eigenvalue weighted by molar-refractivity contribution is 5.94. The third-order valence-corrected chi connectivity index (χ3v) is 4.95. The number of ether oxygens (including phenoxy) is 1. The van der Waals surface area contributed by atoms with Crippen LogP contribution in [-0.4, -0.2) is 35.2 Å². The van der Waals surface area contributed by atoms with Gasteiger partial charge in [-0.15, -0.1) is 0 Å². The summed E-state index contributed by atoms with van der Waals surface area (Å²) in [7, 11) is 0. The van der Waals surface area contributed by atoms with Gasteiger partial charge in [0.1, 0.15) is 5.54 Å². The Hall–Kier alpha value is -1.30. The number of amides is 1. The highest BCUT2D eigenvalue weighted by Gasteiger charge is 2.40. The van der Waals surface area contributed by atoms with Crippen molar-refractivity contribution in [3.05, 3.63) is 0 Å². The second kappa shape index (κ2) is 7.11. The summed E-state index contributed by atoms with van der Waals surface area (Å²) in [5, 5.41) is 15.2. The van der Waals surface area contributed by atoms with Crippen LogP contribution in [0.2, 0.25) is 0 Å². The fourth-order valence-corrected chi connectivity index (χ4v) is 3.45. The summed E-state index contributed by atoms with van der Waals surface area (Å²) in [4.78, 5) is 12.3. The van der Waals surface area contributed by atoms with Gasteiger partial charge in [0.15, 0.2) is 5.84 Å². The molecule has 0 aromatic heterocycles. The Kier molecular flexibility index (Phi) is 5.45. The summed E-state index contributed by atoms with van der Waals surface area (Å²) in [6.45, 7) is 2.92. The van der Waals surface area contributed by atoms with Crippen LogP contribution in [0, 0.1) is 5.92 Å². The molecule has 1 aliphatic heterocycles. The van der Waals surface area contributed by atoms with Crippen LogP contribution < -0.4 is 11.1 Å². The van der Waals surface area contributed by atoms with E-state index in [9.17, 15) is 4.79 Å². The molecule has 0 aromatic carbocycles. The van der Waals surface area contributed by atoms with Gasteiger partial charge in [-0.25, -0.2) is 0 Å². The molecule has 21 heavy (non-hydrogen) atoms. The predicted octanol–water partition coefficient (Wildman–Crippen LogP) is 1.76. The van der Waals surface area contributed by atoms with E-state index in [0.717, 1.165) is 51.6 Å². The van der Waals surface area contributed by atoms with Gasteiger partial charge in [-0.1, -0.05) is 18.5 Å². The van der Waals surface area contributed by atoms with E-state index in [2.05, 4.69) is 17.4 Å². The summed E-state index contributed by atoms with van der Waals surface area (Å²) < 4.78 is 5.50. The number of hydrogen-bond acceptors (Lipinski definition) is 4. The molecule has 1 saturated heterocycles. The van der Waals surface area contributed by atoms with Gasteiger partial charge in [-0.05, 0) is 44.4 Å². The SMILES string of the molecule is CCC1CCC(NC(=O)CC2CCCO2)(C(N)=NO)CC1. The van der Waals surface area contributed by atoms with Gasteiger partial charge in [-0.3, -0.25) is 4.79 Å². The maximum absolute atomic E-state index is 12.3. The normalized spacial score (nSPS) is 33.9. The van der Waals surface area contributed by atoms with Gasteiger partial charge in [0, 0.05) is 6.61 Å². The van der Waals surface area contributed by atoms with E-state index in [0.29, 0.717) is 12.3 Å². The molecule has 120 valence electrons. The zero-order valence-corrected chi connectivity index (χ0v) is 12.8. The van der Waals surface area contributed by atoms with Crippen LogP contribution in [0.4, 0.5) is 0 Å². The van der Waals surface area contributed by atoms with E-state index in [1.54, 1.807) is 0 Å². The van der Waals surface area contributed by atoms with Crippen LogP contribution in [0.5, 0.6) is 0 Å². The van der Waals surface area contributed by atoms with Crippen molar-refractivity contribution in [2.24, 2.45) is 16.8 Å². The lowest BCUT2D eigenvalue weighted by atomic mass is 9.74. The quantitative estimate of drug-likeness (QED) is 0.312. The number of oxime groups is 1. The predicted molar refractivity (Wildman–Crippen MR) is 80.1 cm³/mol. The summed E-state index contributed by atoms with van der Waals surface area (Å²) in [5.41, 5.74) is 5.20. The van der Waals surface area contributed by atoms with E-state index in [1.165, 1.54) is 0 Å². The van der Waals surface area contributed by atoms with E-state index in [4.69, 9.17) is 15.7 Å². The average Bonchev–Trinajstić information content (AvgIpc) is 2.99. The molecule has 0 radical (unpaired) electrons. The molecule has 0 aromatic rings. The van der Waals surface area contributed by atoms with Gasteiger partial charge in [-0.2, -0.15) is 0 Å². The molecule has 6 nitrogen and oxygen atoms in total. The highest BCUT2D eigenvalue weighted by atomic mass is 16.5. The average molecular weight is 297 g/mol. The minimum atomic E-state index is -0.684. The van der Waals surface area contributed by atoms with E-state index in [1.807, 2.05) is 0 Å². The first-order valence-electron chi connectivity index (χ1n) is 8.00. The van der Waals surface area contributed by atoms with Crippen molar-refractivity contribution < 1.29 is 14.7 Å². The number of rotatable bonds is 5. The van der Waals surface area contributed by atoms with Crippen LogP contribution in [0.1, 0.15) is 58.3 Å². The van der Waals surface area contributed by atoms with Gasteiger partial charge < -0.3 is 21.0 Å². The Morgan fingerprint density at radius 2 is 2.14 bits per heavy atom. The third-order valence-electron chi connectivity index (χ3n) is 4.95. The lowest BCUT2D eigenvalue weighted by Crippen LogP contribution is -2.59. The van der Waals surface area contributed by atoms with Crippen molar-refractivity contribution in [2.75, 3.05) is 6.61 Å². The van der Waals surface area contributed by atoms with Crippen molar-refractivity contribution in [3.8, 4) is 0 Å². The largest absolute Gasteiger partial charge is 0.409 e. The molecule has 0 spiro atoms. The Labute approximate surface area is 126 Å². The standard InChI is InChI=1S/C15H27N3O3/c1-2-11-5-7-15(8-6-11,14(16)18-20)17-13(19)10-12-4-3-9-21-12/h11-12,20H,2-10H2,1H3,(H2,16,18)(H,17,19). The van der Waals surface area contributed by atoms with Crippen LogP contribution in [0.15, 0.2) is 5.16 Å². The van der Waals surface area contributed by atoms with Crippen molar-refractivity contribution in [2.45, 2.75) is 69.9 Å². The Bertz CT molecular complexity index is 384. The number of nitrogens with one attached hydrogen (secondary N) is 1. The summed E-state index contributed by atoms with van der Waals surface area (Å²) >= 11 is 0. The molecule has 2 rings (SSSR count). The Morgan fingerprint density at radius 1 is 1.43 bits per heavy atom. The van der Waals surface area contributed by atoms with Gasteiger partial charge >= 0.3 is 0 Å². The van der Waals surface area contributed by atoms with Crippen molar-refractivity contribution in [3.63, 3.8) is 0 Å². The fourth-order valence-electron chi connectivity index (χ4n) is 3.45. The lowest BCUT2D eigenvalue weighted by Gasteiger charge is -2.39. The van der Waals surface area contributed by atoms with Crippen molar-refractivity contribution in [1.82, 2.24) is 5.32 Å². The highest BCUT2D eigenvalue weighted by Crippen LogP contribution is 2.34. The first-order valence-corrected chi connectivity index (χ1v) is 8.00. The first-order chi connectivity index (χ1) is 10.1. The molecular weight excluding hydrogens is 270 g/mol. The zero-order valence-electron chi connectivity index (χ0n) is 12.8. The maximum atomic E-state index is 12.3. The smallest absolute Gasteiger partial charge is 0.223 e. The van der Waals surface area contributed by atoms with Crippen molar-refractivity contribution >= 4 is 11.7 Å². The van der Waals surface area contributed by atoms with Gasteiger partial charge in [0.2, 0.25) is 5.91 Å². The van der Waals surface area contributed by atoms with Crippen LogP contribution in [-0.2, 0) is 9.53 Å². The number of nitrogens with two attached hydrogens (primary N) is 1. The summed E-state index contributed by atoms with van der Waals surface area (Å²) in [6, 6.07) is 0. The van der Waals surface area contributed by atoms with Gasteiger partial charge in [0.05, 0.1) is 12.5 Å². The van der Waals surface area contributed by atoms with Crippen LogP contribution in [0.25, 0.3) is 0 Å². The van der Waals surface area contributed by atoms with E-state index >= 15 is 0 Å². The monoisotopic (exact) mass is 297 g/mol. The van der Waals surface area contributed by atoms with Crippen LogP contribution in [0.3, 0.4) is 0 Å². The molecule has 1 atom stereocenters. The number of hydrogen-bond donors (Lipinski definition) is 3. The minimum absolute atomic E-state index is 0.0151. The molecule has 2 aliphatic rings. The summed E-state index contributed by atoms with van der Waals surface area (Å²) in [6.07, 6.45) is 6.91. The molecule has 2 fully saturated rings. The second-order valence-electron chi connectivity index (χ2n) is 6.31. The van der Waals surface area contributed by atoms with Gasteiger partial charge in [0.25, 0.3) is 0 Å². The topological polar surface area (TPSA) is 96.9 Å². The second-order valence-corrected chi connectivity index (χ2v) is 6.31. The summed E-state index contributed by atoms with van der Waals surface area (Å²) in [5.74, 6) is 0.723. The molecule has 1 saturated carbocycles. The van der Waals surface area contributed by atoms with Crippen molar-refractivity contribution in [1.29, 1.82) is 0 Å². The van der Waals surface area contributed by atoms with Crippen LogP contribution >= 0.6 is 0 Å². The fraction of sp³-hybridized carbons (Fsp3) is 0.867.